The molecule has 2 nitrogen and oxygen atoms in total. The molecule has 0 bridgehead atoms. The topological polar surface area (TPSA) is 46.2 Å². The predicted octanol–water partition coefficient (Wildman–Crippen LogP) is 1.48. The SMILES string of the molecule is C=C/C(O)=C\C(N)=C/C. The Morgan fingerprint density at radius 3 is 2.56 bits per heavy atom. The van der Waals surface area contributed by atoms with Crippen molar-refractivity contribution in [3.8, 4) is 0 Å². The molecule has 0 aromatic heterocycles. The van der Waals surface area contributed by atoms with Crippen molar-refractivity contribution in [2.75, 3.05) is 0 Å². The van der Waals surface area contributed by atoms with Crippen LogP contribution in [0.15, 0.2) is 36.3 Å². The van der Waals surface area contributed by atoms with E-state index in [2.05, 4.69) is 6.58 Å². The number of rotatable bonds is 2. The minimum atomic E-state index is 0.0885. The van der Waals surface area contributed by atoms with Gasteiger partial charge in [0, 0.05) is 11.8 Å². The Hall–Kier alpha value is -1.18. The first-order valence-electron chi connectivity index (χ1n) is 2.65. The number of hydrogen-bond acceptors (Lipinski definition) is 2. The lowest BCUT2D eigenvalue weighted by Crippen LogP contribution is -1.92. The van der Waals surface area contributed by atoms with E-state index in [1.165, 1.54) is 12.2 Å². The van der Waals surface area contributed by atoms with Crippen molar-refractivity contribution < 1.29 is 5.11 Å². The van der Waals surface area contributed by atoms with Crippen LogP contribution in [0.1, 0.15) is 6.92 Å². The maximum Gasteiger partial charge on any atom is 0.117 e. The summed E-state index contributed by atoms with van der Waals surface area (Å²) in [4.78, 5) is 0. The van der Waals surface area contributed by atoms with E-state index < -0.39 is 0 Å². The molecule has 0 atom stereocenters. The molecule has 0 aliphatic rings. The third-order valence-electron chi connectivity index (χ3n) is 0.857. The standard InChI is InChI=1S/C7H11NO/c1-3-6(8)5-7(9)4-2/h3-5,9H,2,8H2,1H3/b6-3+,7-5+. The van der Waals surface area contributed by atoms with Gasteiger partial charge in [-0.3, -0.25) is 0 Å². The van der Waals surface area contributed by atoms with Gasteiger partial charge in [0.2, 0.25) is 0 Å². The predicted molar refractivity (Wildman–Crippen MR) is 38.9 cm³/mol. The van der Waals surface area contributed by atoms with E-state index in [1.54, 1.807) is 13.0 Å². The van der Waals surface area contributed by atoms with Crippen LogP contribution in [-0.4, -0.2) is 5.11 Å². The summed E-state index contributed by atoms with van der Waals surface area (Å²) in [6.45, 7) is 5.14. The van der Waals surface area contributed by atoms with Gasteiger partial charge in [-0.2, -0.15) is 0 Å². The van der Waals surface area contributed by atoms with Gasteiger partial charge >= 0.3 is 0 Å². The van der Waals surface area contributed by atoms with Crippen LogP contribution in [0, 0.1) is 0 Å². The number of nitrogens with two attached hydrogens (primary N) is 1. The third-order valence-corrected chi connectivity index (χ3v) is 0.857. The first-order valence-corrected chi connectivity index (χ1v) is 2.65. The molecular weight excluding hydrogens is 114 g/mol. The molecular formula is C7H11NO. The van der Waals surface area contributed by atoms with Gasteiger partial charge in [-0.25, -0.2) is 0 Å². The van der Waals surface area contributed by atoms with Crippen molar-refractivity contribution in [2.45, 2.75) is 6.92 Å². The number of aliphatic hydroxyl groups excluding tert-OH is 1. The fraction of sp³-hybridized carbons (Fsp3) is 0.143. The molecule has 0 aliphatic carbocycles. The van der Waals surface area contributed by atoms with Crippen molar-refractivity contribution in [3.05, 3.63) is 36.3 Å². The Balaban J connectivity index is 4.11. The first kappa shape index (κ1) is 7.82. The van der Waals surface area contributed by atoms with E-state index >= 15 is 0 Å². The largest absolute Gasteiger partial charge is 0.508 e. The summed E-state index contributed by atoms with van der Waals surface area (Å²) in [5, 5.41) is 8.78. The average Bonchev–Trinajstić information content (AvgIpc) is 1.87. The summed E-state index contributed by atoms with van der Waals surface area (Å²) in [7, 11) is 0. The number of hydrogen-bond donors (Lipinski definition) is 2. The van der Waals surface area contributed by atoms with Crippen molar-refractivity contribution in [1.29, 1.82) is 0 Å². The lowest BCUT2D eigenvalue weighted by Gasteiger charge is -1.90. The quantitative estimate of drug-likeness (QED) is 0.433. The van der Waals surface area contributed by atoms with Gasteiger partial charge in [0.05, 0.1) is 0 Å². The fourth-order valence-electron chi connectivity index (χ4n) is 0.313. The Morgan fingerprint density at radius 1 is 1.67 bits per heavy atom. The van der Waals surface area contributed by atoms with Gasteiger partial charge in [-0.05, 0) is 13.0 Å². The van der Waals surface area contributed by atoms with Crippen LogP contribution < -0.4 is 5.73 Å². The maximum atomic E-state index is 8.78. The average molecular weight is 125 g/mol. The second-order valence-electron chi connectivity index (χ2n) is 1.56. The minimum Gasteiger partial charge on any atom is -0.508 e. The highest BCUT2D eigenvalue weighted by Gasteiger charge is 1.82. The summed E-state index contributed by atoms with van der Waals surface area (Å²) < 4.78 is 0. The van der Waals surface area contributed by atoms with E-state index in [0.29, 0.717) is 5.70 Å². The highest BCUT2D eigenvalue weighted by atomic mass is 16.3. The normalized spacial score (nSPS) is 13.4. The summed E-state index contributed by atoms with van der Waals surface area (Å²) in [6, 6.07) is 0. The summed E-state index contributed by atoms with van der Waals surface area (Å²) in [6.07, 6.45) is 4.46. The van der Waals surface area contributed by atoms with Crippen LogP contribution >= 0.6 is 0 Å². The van der Waals surface area contributed by atoms with E-state index in [1.807, 2.05) is 0 Å². The molecule has 0 fully saturated rings. The van der Waals surface area contributed by atoms with Gasteiger partial charge in [0.25, 0.3) is 0 Å². The second-order valence-corrected chi connectivity index (χ2v) is 1.56. The molecule has 3 N–H and O–H groups in total. The Morgan fingerprint density at radius 2 is 2.22 bits per heavy atom. The van der Waals surface area contributed by atoms with Crippen LogP contribution in [0.5, 0.6) is 0 Å². The molecule has 0 aliphatic heterocycles. The molecule has 9 heavy (non-hydrogen) atoms. The summed E-state index contributed by atoms with van der Waals surface area (Å²) in [5.74, 6) is 0.0885. The van der Waals surface area contributed by atoms with Crippen LogP contribution in [0.3, 0.4) is 0 Å². The zero-order valence-corrected chi connectivity index (χ0v) is 5.46. The van der Waals surface area contributed by atoms with Crippen LogP contribution in [0.2, 0.25) is 0 Å². The molecule has 0 unspecified atom stereocenters. The van der Waals surface area contributed by atoms with Gasteiger partial charge in [-0.15, -0.1) is 0 Å². The molecule has 0 radical (unpaired) electrons. The van der Waals surface area contributed by atoms with E-state index in [-0.39, 0.29) is 5.76 Å². The molecule has 0 rings (SSSR count). The fourth-order valence-corrected chi connectivity index (χ4v) is 0.313. The molecule has 0 spiro atoms. The Kier molecular flexibility index (Phi) is 3.28. The monoisotopic (exact) mass is 125 g/mol. The van der Waals surface area contributed by atoms with Crippen LogP contribution in [0.25, 0.3) is 0 Å². The number of allylic oxidation sites excluding steroid dienone is 3. The second kappa shape index (κ2) is 3.78. The van der Waals surface area contributed by atoms with Crippen LogP contribution in [-0.2, 0) is 0 Å². The zero-order valence-electron chi connectivity index (χ0n) is 5.46. The smallest absolute Gasteiger partial charge is 0.117 e. The van der Waals surface area contributed by atoms with Gasteiger partial charge in [0.1, 0.15) is 5.76 Å². The lowest BCUT2D eigenvalue weighted by atomic mass is 10.3. The number of aliphatic hydroxyl groups is 1. The first-order chi connectivity index (χ1) is 4.20. The van der Waals surface area contributed by atoms with Gasteiger partial charge in [0.15, 0.2) is 0 Å². The molecule has 0 amide bonds. The molecule has 0 saturated heterocycles. The van der Waals surface area contributed by atoms with Crippen molar-refractivity contribution in [1.82, 2.24) is 0 Å². The molecule has 50 valence electrons. The highest BCUT2D eigenvalue weighted by molar-refractivity contribution is 5.21. The molecule has 0 aromatic carbocycles. The van der Waals surface area contributed by atoms with E-state index in [9.17, 15) is 0 Å². The van der Waals surface area contributed by atoms with E-state index in [0.717, 1.165) is 0 Å². The van der Waals surface area contributed by atoms with Crippen molar-refractivity contribution >= 4 is 0 Å². The highest BCUT2D eigenvalue weighted by Crippen LogP contribution is 1.93. The third kappa shape index (κ3) is 3.41. The van der Waals surface area contributed by atoms with Gasteiger partial charge < -0.3 is 10.8 Å². The van der Waals surface area contributed by atoms with Crippen LogP contribution in [0.4, 0.5) is 0 Å². The molecule has 0 saturated carbocycles. The van der Waals surface area contributed by atoms with Crippen molar-refractivity contribution in [2.24, 2.45) is 5.73 Å². The van der Waals surface area contributed by atoms with E-state index in [4.69, 9.17) is 10.8 Å². The maximum absolute atomic E-state index is 8.78. The summed E-state index contributed by atoms with van der Waals surface area (Å²) >= 11 is 0. The Labute approximate surface area is 55.0 Å². The lowest BCUT2D eigenvalue weighted by molar-refractivity contribution is 0.432. The van der Waals surface area contributed by atoms with Gasteiger partial charge in [-0.1, -0.05) is 12.7 Å². The molecule has 0 aromatic rings. The minimum absolute atomic E-state index is 0.0885. The van der Waals surface area contributed by atoms with Crippen molar-refractivity contribution in [3.63, 3.8) is 0 Å². The summed E-state index contributed by atoms with van der Waals surface area (Å²) in [5.41, 5.74) is 5.86. The Bertz CT molecular complexity index is 156. The molecule has 0 heterocycles. The zero-order chi connectivity index (χ0) is 7.28. The molecule has 2 heteroatoms.